The van der Waals surface area contributed by atoms with E-state index in [2.05, 4.69) is 18.7 Å². The summed E-state index contributed by atoms with van der Waals surface area (Å²) in [4.78, 5) is 17.1. The Morgan fingerprint density at radius 2 is 1.94 bits per heavy atom. The average Bonchev–Trinajstić information content (AvgIpc) is 3.06. The lowest BCUT2D eigenvalue weighted by Crippen LogP contribution is -2.49. The number of nitrogens with zero attached hydrogens (tertiary/aromatic N) is 2. The predicted molar refractivity (Wildman–Crippen MR) is 121 cm³/mol. The molecule has 4 aliphatic rings. The molecule has 1 aromatic rings. The van der Waals surface area contributed by atoms with Crippen LogP contribution in [0.4, 0.5) is 18.9 Å². The van der Waals surface area contributed by atoms with Crippen LogP contribution >= 0.6 is 0 Å². The van der Waals surface area contributed by atoms with Gasteiger partial charge in [-0.05, 0) is 62.6 Å². The number of rotatable bonds is 3. The van der Waals surface area contributed by atoms with Crippen molar-refractivity contribution in [3.63, 3.8) is 0 Å². The maximum absolute atomic E-state index is 13.1. The molecule has 0 radical (unpaired) electrons. The number of benzene rings is 1. The molecular weight excluding hydrogens is 429 g/mol. The largest absolute Gasteiger partial charge is 0.462 e. The molecule has 0 N–H and O–H groups in total. The molecule has 180 valence electrons. The van der Waals surface area contributed by atoms with Crippen LogP contribution in [-0.4, -0.2) is 49.7 Å². The van der Waals surface area contributed by atoms with Crippen molar-refractivity contribution in [2.24, 2.45) is 17.3 Å². The van der Waals surface area contributed by atoms with Gasteiger partial charge in [0, 0.05) is 44.3 Å². The molecule has 4 nitrogen and oxygen atoms in total. The molecule has 7 heteroatoms. The van der Waals surface area contributed by atoms with Crippen LogP contribution in [0.1, 0.15) is 51.5 Å². The van der Waals surface area contributed by atoms with E-state index in [4.69, 9.17) is 4.74 Å². The Labute approximate surface area is 193 Å². The van der Waals surface area contributed by atoms with Crippen LogP contribution in [0.5, 0.6) is 0 Å². The maximum Gasteiger partial charge on any atom is 0.416 e. The van der Waals surface area contributed by atoms with E-state index in [0.717, 1.165) is 32.0 Å². The number of piperazine rings is 1. The number of fused-ring (bicyclic) bond motifs is 2. The van der Waals surface area contributed by atoms with Gasteiger partial charge in [0.2, 0.25) is 0 Å². The molecule has 3 fully saturated rings. The molecule has 0 spiro atoms. The number of allylic oxidation sites excluding steroid dienone is 2. The molecule has 1 aromatic carbocycles. The van der Waals surface area contributed by atoms with E-state index in [1.165, 1.54) is 37.0 Å². The molecule has 0 bridgehead atoms. The standard InChI is InChI=1S/C26H33F3N2O2/c1-17-5-4-8-25(2)15-23-20(14-22(17)25)21(24(32)33-23)16-30-9-11-31(12-10-30)19-7-3-6-18(13-19)26(27,28)29/h3,6-7,13,20-21,23H,4-5,8-12,14-16H2,1-2H3/t20-,21?,23-,25-/m1/s1. The summed E-state index contributed by atoms with van der Waals surface area (Å²) in [5, 5.41) is 0. The number of anilines is 1. The summed E-state index contributed by atoms with van der Waals surface area (Å²) in [6.45, 7) is 8.05. The first-order valence-corrected chi connectivity index (χ1v) is 12.2. The first-order valence-electron chi connectivity index (χ1n) is 12.2. The van der Waals surface area contributed by atoms with Crippen molar-refractivity contribution < 1.29 is 22.7 Å². The van der Waals surface area contributed by atoms with E-state index in [0.29, 0.717) is 25.3 Å². The summed E-state index contributed by atoms with van der Waals surface area (Å²) in [5.41, 5.74) is 3.24. The lowest BCUT2D eigenvalue weighted by Gasteiger charge is -2.46. The van der Waals surface area contributed by atoms with Gasteiger partial charge in [-0.3, -0.25) is 9.69 Å². The van der Waals surface area contributed by atoms with Crippen LogP contribution in [0.15, 0.2) is 35.4 Å². The van der Waals surface area contributed by atoms with E-state index in [1.807, 2.05) is 4.90 Å². The lowest BCUT2D eigenvalue weighted by atomic mass is 9.59. The highest BCUT2D eigenvalue weighted by molar-refractivity contribution is 5.76. The van der Waals surface area contributed by atoms with Crippen molar-refractivity contribution in [1.29, 1.82) is 0 Å². The molecule has 2 aliphatic heterocycles. The SMILES string of the molecule is CC1=C2C[C@@H]3C(CN4CCN(c5cccc(C(F)(F)F)c5)CC4)C(=O)O[C@@H]3C[C@@]2(C)CCC1. The fourth-order valence-electron chi connectivity index (χ4n) is 6.67. The van der Waals surface area contributed by atoms with Gasteiger partial charge < -0.3 is 9.64 Å². The van der Waals surface area contributed by atoms with Gasteiger partial charge in [-0.2, -0.15) is 13.2 Å². The molecule has 0 aromatic heterocycles. The van der Waals surface area contributed by atoms with Gasteiger partial charge >= 0.3 is 12.1 Å². The van der Waals surface area contributed by atoms with Crippen molar-refractivity contribution >= 4 is 11.7 Å². The number of alkyl halides is 3. The molecule has 2 saturated heterocycles. The first-order chi connectivity index (χ1) is 15.6. The quantitative estimate of drug-likeness (QED) is 0.452. The maximum atomic E-state index is 13.1. The molecule has 5 rings (SSSR count). The Bertz CT molecular complexity index is 951. The number of carbonyl (C=O) groups is 1. The number of esters is 1. The van der Waals surface area contributed by atoms with Gasteiger partial charge in [0.05, 0.1) is 11.5 Å². The second-order valence-corrected chi connectivity index (χ2v) is 10.7. The molecular formula is C26H33F3N2O2. The summed E-state index contributed by atoms with van der Waals surface area (Å²) in [6, 6.07) is 5.55. The van der Waals surface area contributed by atoms with Gasteiger partial charge in [-0.1, -0.05) is 24.1 Å². The number of halogens is 3. The summed E-state index contributed by atoms with van der Waals surface area (Å²) < 4.78 is 45.1. The van der Waals surface area contributed by atoms with Crippen LogP contribution < -0.4 is 4.90 Å². The van der Waals surface area contributed by atoms with E-state index in [1.54, 1.807) is 11.6 Å². The summed E-state index contributed by atoms with van der Waals surface area (Å²) >= 11 is 0. The van der Waals surface area contributed by atoms with Crippen LogP contribution in [0.3, 0.4) is 0 Å². The minimum absolute atomic E-state index is 0.0218. The zero-order chi connectivity index (χ0) is 23.4. The highest BCUT2D eigenvalue weighted by Crippen LogP contribution is 2.55. The first kappa shape index (κ1) is 22.8. The van der Waals surface area contributed by atoms with Gasteiger partial charge in [-0.25, -0.2) is 0 Å². The molecule has 1 unspecified atom stereocenters. The van der Waals surface area contributed by atoms with E-state index < -0.39 is 11.7 Å². The second-order valence-electron chi connectivity index (χ2n) is 10.7. The minimum Gasteiger partial charge on any atom is -0.462 e. The Morgan fingerprint density at radius 3 is 2.67 bits per heavy atom. The molecule has 2 heterocycles. The second kappa shape index (κ2) is 8.33. The average molecular weight is 463 g/mol. The minimum atomic E-state index is -4.33. The monoisotopic (exact) mass is 462 g/mol. The van der Waals surface area contributed by atoms with Crippen molar-refractivity contribution in [2.45, 2.75) is 58.2 Å². The highest BCUT2D eigenvalue weighted by Gasteiger charge is 2.53. The topological polar surface area (TPSA) is 32.8 Å². The van der Waals surface area contributed by atoms with Crippen molar-refractivity contribution in [3.8, 4) is 0 Å². The van der Waals surface area contributed by atoms with Crippen molar-refractivity contribution in [3.05, 3.63) is 41.0 Å². The van der Waals surface area contributed by atoms with Gasteiger partial charge in [0.1, 0.15) is 6.10 Å². The normalized spacial score (nSPS) is 33.1. The van der Waals surface area contributed by atoms with E-state index >= 15 is 0 Å². The zero-order valence-electron chi connectivity index (χ0n) is 19.5. The highest BCUT2D eigenvalue weighted by atomic mass is 19.4. The van der Waals surface area contributed by atoms with Crippen LogP contribution in [0.25, 0.3) is 0 Å². The predicted octanol–water partition coefficient (Wildman–Crippen LogP) is 5.29. The van der Waals surface area contributed by atoms with Crippen LogP contribution in [-0.2, 0) is 15.7 Å². The third-order valence-corrected chi connectivity index (χ3v) is 8.55. The fourth-order valence-corrected chi connectivity index (χ4v) is 6.67. The number of carbonyl (C=O) groups excluding carboxylic acids is 1. The van der Waals surface area contributed by atoms with Crippen LogP contribution in [0.2, 0.25) is 0 Å². The smallest absolute Gasteiger partial charge is 0.416 e. The number of ether oxygens (including phenoxy) is 1. The summed E-state index contributed by atoms with van der Waals surface area (Å²) in [5.74, 6) is 0.0720. The molecule has 0 amide bonds. The van der Waals surface area contributed by atoms with Gasteiger partial charge in [0.25, 0.3) is 0 Å². The molecule has 2 aliphatic carbocycles. The summed E-state index contributed by atoms with van der Waals surface area (Å²) in [7, 11) is 0. The Balaban J connectivity index is 1.23. The van der Waals surface area contributed by atoms with E-state index in [-0.39, 0.29) is 29.3 Å². The van der Waals surface area contributed by atoms with Crippen molar-refractivity contribution in [2.75, 3.05) is 37.6 Å². The van der Waals surface area contributed by atoms with Gasteiger partial charge in [-0.15, -0.1) is 0 Å². The number of hydrogen-bond donors (Lipinski definition) is 0. The molecule has 33 heavy (non-hydrogen) atoms. The third kappa shape index (κ3) is 4.29. The Morgan fingerprint density at radius 1 is 1.18 bits per heavy atom. The molecule has 4 atom stereocenters. The van der Waals surface area contributed by atoms with E-state index in [9.17, 15) is 18.0 Å². The van der Waals surface area contributed by atoms with Crippen molar-refractivity contribution in [1.82, 2.24) is 4.90 Å². The third-order valence-electron chi connectivity index (χ3n) is 8.55. The fraction of sp³-hybridized carbons (Fsp3) is 0.654. The number of hydrogen-bond acceptors (Lipinski definition) is 4. The summed E-state index contributed by atoms with van der Waals surface area (Å²) in [6.07, 6.45) is 1.16. The Kier molecular flexibility index (Phi) is 5.74. The van der Waals surface area contributed by atoms with Crippen LogP contribution in [0, 0.1) is 17.3 Å². The lowest BCUT2D eigenvalue weighted by molar-refractivity contribution is -0.145. The Hall–Kier alpha value is -2.02. The van der Waals surface area contributed by atoms with Gasteiger partial charge in [0.15, 0.2) is 0 Å². The zero-order valence-corrected chi connectivity index (χ0v) is 19.5. The molecule has 1 saturated carbocycles.